The summed E-state index contributed by atoms with van der Waals surface area (Å²) in [5, 5.41) is 16.6. The van der Waals surface area contributed by atoms with Crippen LogP contribution in [0.2, 0.25) is 5.02 Å². The summed E-state index contributed by atoms with van der Waals surface area (Å²) in [6, 6.07) is 13.9. The number of nitrogens with zero attached hydrogens (tertiary/aromatic N) is 6. The zero-order chi connectivity index (χ0) is 31.1. The van der Waals surface area contributed by atoms with Crippen LogP contribution in [0.1, 0.15) is 50.8 Å². The number of halogens is 1. The first-order chi connectivity index (χ1) is 21.9. The molecular formula is C34H35ClN8O2. The normalized spacial score (nSPS) is 16.7. The number of amides is 1. The van der Waals surface area contributed by atoms with E-state index in [2.05, 4.69) is 49.5 Å². The van der Waals surface area contributed by atoms with Gasteiger partial charge in [0.25, 0.3) is 5.91 Å². The molecule has 230 valence electrons. The maximum atomic E-state index is 13.3. The van der Waals surface area contributed by atoms with Gasteiger partial charge in [0, 0.05) is 70.1 Å². The Hall–Kier alpha value is -4.22. The molecular weight excluding hydrogens is 588 g/mol. The summed E-state index contributed by atoms with van der Waals surface area (Å²) < 4.78 is 1.88. The molecule has 0 aliphatic carbocycles. The van der Waals surface area contributed by atoms with Crippen LogP contribution in [0.3, 0.4) is 0 Å². The molecule has 2 aliphatic rings. The van der Waals surface area contributed by atoms with Crippen LogP contribution < -0.4 is 10.6 Å². The van der Waals surface area contributed by atoms with E-state index in [-0.39, 0.29) is 12.0 Å². The van der Waals surface area contributed by atoms with E-state index in [1.54, 1.807) is 6.33 Å². The van der Waals surface area contributed by atoms with Gasteiger partial charge in [0.05, 0.1) is 33.7 Å². The van der Waals surface area contributed by atoms with E-state index < -0.39 is 0 Å². The van der Waals surface area contributed by atoms with Crippen LogP contribution in [0.4, 0.5) is 5.69 Å². The number of likely N-dealkylation sites (tertiary alicyclic amines) is 1. The number of benzene rings is 2. The molecule has 5 heterocycles. The standard InChI is InChI=1S/C34H35ClN8O2/c1-20-22(14-28-32-27(38-19-39-28)13-21(15-37-32)17-43-12-10-23(44)18-43)5-3-6-24(20)25-7-4-8-26(31(25)35)41-34(45)33-40-29-16-36-11-9-30(29)42(33)2/h3-8,13,15,19,23,36,44H,9-12,14,16-18H2,1-2H3,(H,41,45)/t23-/m1/s1. The highest BCUT2D eigenvalue weighted by atomic mass is 35.5. The first kappa shape index (κ1) is 29.5. The van der Waals surface area contributed by atoms with Crippen LogP contribution >= 0.6 is 11.6 Å². The van der Waals surface area contributed by atoms with Crippen LogP contribution in [0.25, 0.3) is 22.2 Å². The third-order valence-corrected chi connectivity index (χ3v) is 9.34. The largest absolute Gasteiger partial charge is 0.392 e. The van der Waals surface area contributed by atoms with Crippen molar-refractivity contribution in [3.8, 4) is 11.1 Å². The molecule has 1 saturated heterocycles. The SMILES string of the molecule is Cc1c(Cc2ncnc3cc(CN4CC[C@@H](O)C4)cnc23)cccc1-c1cccc(NC(=O)c2nc3c(n2C)CCNC3)c1Cl. The summed E-state index contributed by atoms with van der Waals surface area (Å²) in [5.41, 5.74) is 10.0. The van der Waals surface area contributed by atoms with E-state index >= 15 is 0 Å². The van der Waals surface area contributed by atoms with E-state index in [4.69, 9.17) is 16.6 Å². The Morgan fingerprint density at radius 3 is 2.82 bits per heavy atom. The van der Waals surface area contributed by atoms with Gasteiger partial charge >= 0.3 is 0 Å². The van der Waals surface area contributed by atoms with Crippen LogP contribution in [-0.4, -0.2) is 66.2 Å². The molecule has 3 N–H and O–H groups in total. The Labute approximate surface area is 266 Å². The van der Waals surface area contributed by atoms with Crippen LogP contribution in [0.5, 0.6) is 0 Å². The number of anilines is 1. The lowest BCUT2D eigenvalue weighted by atomic mass is 9.93. The van der Waals surface area contributed by atoms with E-state index in [1.165, 1.54) is 0 Å². The third kappa shape index (κ3) is 5.82. The van der Waals surface area contributed by atoms with Crippen LogP contribution in [-0.2, 0) is 33.0 Å². The van der Waals surface area contributed by atoms with Gasteiger partial charge < -0.3 is 20.3 Å². The van der Waals surface area contributed by atoms with Crippen molar-refractivity contribution in [3.63, 3.8) is 0 Å². The Morgan fingerprint density at radius 1 is 1.16 bits per heavy atom. The molecule has 0 radical (unpaired) electrons. The number of fused-ring (bicyclic) bond motifs is 2. The highest BCUT2D eigenvalue weighted by Crippen LogP contribution is 2.37. The number of carbonyl (C=O) groups is 1. The molecule has 1 amide bonds. The number of aliphatic hydroxyl groups is 1. The molecule has 2 aromatic carbocycles. The van der Waals surface area contributed by atoms with Gasteiger partial charge in [-0.3, -0.25) is 14.7 Å². The van der Waals surface area contributed by atoms with Crippen molar-refractivity contribution < 1.29 is 9.90 Å². The molecule has 0 unspecified atom stereocenters. The average molecular weight is 623 g/mol. The highest BCUT2D eigenvalue weighted by Gasteiger charge is 2.24. The molecule has 10 nitrogen and oxygen atoms in total. The smallest absolute Gasteiger partial charge is 0.291 e. The number of hydrogen-bond donors (Lipinski definition) is 3. The lowest BCUT2D eigenvalue weighted by Crippen LogP contribution is -2.24. The van der Waals surface area contributed by atoms with E-state index in [0.717, 1.165) is 88.4 Å². The Bertz CT molecular complexity index is 1920. The first-order valence-corrected chi connectivity index (χ1v) is 15.7. The Kier molecular flexibility index (Phi) is 8.05. The lowest BCUT2D eigenvalue weighted by Gasteiger charge is -2.16. The van der Waals surface area contributed by atoms with E-state index in [1.807, 2.05) is 48.1 Å². The fraction of sp³-hybridized carbons (Fsp3) is 0.324. The fourth-order valence-electron chi connectivity index (χ4n) is 6.49. The molecule has 1 atom stereocenters. The summed E-state index contributed by atoms with van der Waals surface area (Å²) in [7, 11) is 1.88. The molecule has 0 bridgehead atoms. The zero-order valence-corrected chi connectivity index (χ0v) is 26.1. The number of rotatable bonds is 7. The number of hydrogen-bond acceptors (Lipinski definition) is 8. The summed E-state index contributed by atoms with van der Waals surface area (Å²) in [5.74, 6) is 0.0803. The molecule has 2 aliphatic heterocycles. The number of nitrogens with one attached hydrogen (secondary N) is 2. The number of β-amino-alcohol motifs (C(OH)–C–C–N with tert-alkyl or cyclic N) is 1. The third-order valence-electron chi connectivity index (χ3n) is 8.93. The predicted molar refractivity (Wildman–Crippen MR) is 174 cm³/mol. The topological polar surface area (TPSA) is 121 Å². The molecule has 3 aromatic heterocycles. The van der Waals surface area contributed by atoms with Crippen molar-refractivity contribution in [2.75, 3.05) is 25.0 Å². The van der Waals surface area contributed by atoms with Crippen molar-refractivity contribution in [3.05, 3.63) is 99.6 Å². The van der Waals surface area contributed by atoms with Gasteiger partial charge in [0.15, 0.2) is 5.82 Å². The predicted octanol–water partition coefficient (Wildman–Crippen LogP) is 4.44. The molecule has 5 aromatic rings. The van der Waals surface area contributed by atoms with Gasteiger partial charge in [0.1, 0.15) is 11.8 Å². The van der Waals surface area contributed by atoms with Gasteiger partial charge in [-0.05, 0) is 47.7 Å². The van der Waals surface area contributed by atoms with Crippen molar-refractivity contribution >= 4 is 34.2 Å². The lowest BCUT2D eigenvalue weighted by molar-refractivity contribution is 0.101. The minimum absolute atomic E-state index is 0.253. The number of carbonyl (C=O) groups excluding carboxylic acids is 1. The second kappa shape index (κ2) is 12.3. The summed E-state index contributed by atoms with van der Waals surface area (Å²) >= 11 is 6.96. The van der Waals surface area contributed by atoms with Crippen molar-refractivity contribution in [1.82, 2.24) is 34.7 Å². The minimum Gasteiger partial charge on any atom is -0.392 e. The van der Waals surface area contributed by atoms with Gasteiger partial charge in [-0.1, -0.05) is 41.9 Å². The molecule has 0 saturated carbocycles. The maximum Gasteiger partial charge on any atom is 0.291 e. The number of imidazole rings is 1. The number of pyridine rings is 1. The van der Waals surface area contributed by atoms with Gasteiger partial charge in [-0.2, -0.15) is 0 Å². The summed E-state index contributed by atoms with van der Waals surface area (Å²) in [4.78, 5) is 34.0. The number of aromatic nitrogens is 5. The van der Waals surface area contributed by atoms with Crippen molar-refractivity contribution in [2.24, 2.45) is 7.05 Å². The van der Waals surface area contributed by atoms with Crippen molar-refractivity contribution in [2.45, 2.75) is 45.4 Å². The van der Waals surface area contributed by atoms with Gasteiger partial charge in [-0.15, -0.1) is 0 Å². The molecule has 0 spiro atoms. The summed E-state index contributed by atoms with van der Waals surface area (Å²) in [6.45, 7) is 5.92. The molecule has 45 heavy (non-hydrogen) atoms. The fourth-order valence-corrected chi connectivity index (χ4v) is 6.76. The van der Waals surface area contributed by atoms with Gasteiger partial charge in [0.2, 0.25) is 0 Å². The van der Waals surface area contributed by atoms with E-state index in [0.29, 0.717) is 36.0 Å². The molecule has 11 heteroatoms. The minimum atomic E-state index is -0.291. The van der Waals surface area contributed by atoms with Crippen LogP contribution in [0, 0.1) is 6.92 Å². The number of aliphatic hydroxyl groups excluding tert-OH is 1. The Morgan fingerprint density at radius 2 is 2.00 bits per heavy atom. The van der Waals surface area contributed by atoms with Gasteiger partial charge in [-0.25, -0.2) is 15.0 Å². The maximum absolute atomic E-state index is 13.3. The quantitative estimate of drug-likeness (QED) is 0.244. The first-order valence-electron chi connectivity index (χ1n) is 15.3. The van der Waals surface area contributed by atoms with Crippen LogP contribution in [0.15, 0.2) is 55.0 Å². The average Bonchev–Trinajstić information content (AvgIpc) is 3.61. The highest BCUT2D eigenvalue weighted by molar-refractivity contribution is 6.36. The second-order valence-corrected chi connectivity index (χ2v) is 12.3. The molecule has 1 fully saturated rings. The summed E-state index contributed by atoms with van der Waals surface area (Å²) in [6.07, 6.45) is 5.46. The zero-order valence-electron chi connectivity index (χ0n) is 25.3. The molecule has 7 rings (SSSR count). The second-order valence-electron chi connectivity index (χ2n) is 11.9. The van der Waals surface area contributed by atoms with E-state index in [9.17, 15) is 9.90 Å². The Balaban J connectivity index is 1.13. The van der Waals surface area contributed by atoms with Crippen molar-refractivity contribution in [1.29, 1.82) is 0 Å². The monoisotopic (exact) mass is 622 g/mol.